The molecule has 0 aliphatic heterocycles. The van der Waals surface area contributed by atoms with Crippen LogP contribution in [0, 0.1) is 5.41 Å². The van der Waals surface area contributed by atoms with Crippen molar-refractivity contribution < 1.29 is 14.2 Å². The molecule has 6 nitrogen and oxygen atoms in total. The van der Waals surface area contributed by atoms with E-state index in [4.69, 9.17) is 19.6 Å². The fraction of sp³-hybridized carbons (Fsp3) is 0.409. The first-order valence-electron chi connectivity index (χ1n) is 9.46. The molecule has 0 heterocycles. The molecule has 0 atom stereocenters. The highest BCUT2D eigenvalue weighted by Crippen LogP contribution is 2.44. The second-order valence-corrected chi connectivity index (χ2v) is 6.32. The molecule has 152 valence electrons. The van der Waals surface area contributed by atoms with E-state index >= 15 is 0 Å². The summed E-state index contributed by atoms with van der Waals surface area (Å²) in [5.41, 5.74) is 5.66. The van der Waals surface area contributed by atoms with E-state index in [2.05, 4.69) is 22.8 Å². The topological polar surface area (TPSA) is 75.6 Å². The van der Waals surface area contributed by atoms with Crippen LogP contribution in [-0.4, -0.2) is 47.7 Å². The van der Waals surface area contributed by atoms with Gasteiger partial charge in [-0.25, -0.2) is 0 Å². The Kier molecular flexibility index (Phi) is 8.29. The van der Waals surface area contributed by atoms with Crippen molar-refractivity contribution in [3.8, 4) is 22.6 Å². The summed E-state index contributed by atoms with van der Waals surface area (Å²) in [7, 11) is 7.11. The smallest absolute Gasteiger partial charge is 0.130 e. The summed E-state index contributed by atoms with van der Waals surface area (Å²) in [5, 5.41) is 14.4. The van der Waals surface area contributed by atoms with E-state index < -0.39 is 0 Å². The molecule has 2 aromatic rings. The Morgan fingerprint density at radius 1 is 1.07 bits per heavy atom. The number of ether oxygens (including phenoxy) is 3. The van der Waals surface area contributed by atoms with Gasteiger partial charge in [0.2, 0.25) is 0 Å². The van der Waals surface area contributed by atoms with Crippen LogP contribution >= 0.6 is 0 Å². The Morgan fingerprint density at radius 2 is 1.75 bits per heavy atom. The number of hydrogen-bond donors (Lipinski definition) is 3. The Hall–Kier alpha value is -2.57. The van der Waals surface area contributed by atoms with E-state index in [9.17, 15) is 0 Å². The number of nitrogens with one attached hydrogen (secondary N) is 3. The zero-order chi connectivity index (χ0) is 20.5. The van der Waals surface area contributed by atoms with E-state index in [0.29, 0.717) is 24.7 Å². The summed E-state index contributed by atoms with van der Waals surface area (Å²) in [5.74, 6) is 1.42. The summed E-state index contributed by atoms with van der Waals surface area (Å²) in [6.45, 7) is 3.96. The minimum absolute atomic E-state index is 0.497. The average molecular weight is 386 g/mol. The van der Waals surface area contributed by atoms with Crippen LogP contribution in [0.15, 0.2) is 24.3 Å². The predicted octanol–water partition coefficient (Wildman–Crippen LogP) is 3.71. The Bertz CT molecular complexity index is 781. The Labute approximate surface area is 167 Å². The molecular weight excluding hydrogens is 354 g/mol. The zero-order valence-corrected chi connectivity index (χ0v) is 17.4. The van der Waals surface area contributed by atoms with Crippen molar-refractivity contribution in [3.63, 3.8) is 0 Å². The van der Waals surface area contributed by atoms with Crippen molar-refractivity contribution in [2.45, 2.75) is 20.0 Å². The van der Waals surface area contributed by atoms with Crippen LogP contribution in [0.25, 0.3) is 11.1 Å². The third-order valence-corrected chi connectivity index (χ3v) is 4.68. The fourth-order valence-corrected chi connectivity index (χ4v) is 3.32. The maximum Gasteiger partial charge on any atom is 0.130 e. The standard InChI is InChI=1S/C22H31N3O3/c1-6-28-14-15-11-19(26-4)21(20(12-15)27-5)17-8-7-16(9-10-24-2)18(13-23)22(17)25-3/h7-8,11-13,23-25H,6,9-10,14H2,1-5H3. The lowest BCUT2D eigenvalue weighted by Gasteiger charge is -2.21. The lowest BCUT2D eigenvalue weighted by atomic mass is 9.93. The Morgan fingerprint density at radius 3 is 2.25 bits per heavy atom. The summed E-state index contributed by atoms with van der Waals surface area (Å²) < 4.78 is 16.9. The van der Waals surface area contributed by atoms with Gasteiger partial charge in [-0.1, -0.05) is 12.1 Å². The van der Waals surface area contributed by atoms with Gasteiger partial charge in [0, 0.05) is 31.0 Å². The Balaban J connectivity index is 2.67. The van der Waals surface area contributed by atoms with Crippen molar-refractivity contribution in [1.82, 2.24) is 5.32 Å². The van der Waals surface area contributed by atoms with Crippen LogP contribution in [0.5, 0.6) is 11.5 Å². The average Bonchev–Trinajstić information content (AvgIpc) is 2.74. The third-order valence-electron chi connectivity index (χ3n) is 4.68. The number of anilines is 1. The van der Waals surface area contributed by atoms with Gasteiger partial charge >= 0.3 is 0 Å². The quantitative estimate of drug-likeness (QED) is 0.514. The summed E-state index contributed by atoms with van der Waals surface area (Å²) in [4.78, 5) is 0. The molecule has 0 saturated carbocycles. The zero-order valence-electron chi connectivity index (χ0n) is 17.4. The van der Waals surface area contributed by atoms with Crippen molar-refractivity contribution in [1.29, 1.82) is 5.41 Å². The van der Waals surface area contributed by atoms with Crippen LogP contribution in [-0.2, 0) is 17.8 Å². The second kappa shape index (κ2) is 10.7. The van der Waals surface area contributed by atoms with Gasteiger partial charge in [0.15, 0.2) is 0 Å². The van der Waals surface area contributed by atoms with Gasteiger partial charge in [0.1, 0.15) is 11.5 Å². The van der Waals surface area contributed by atoms with Gasteiger partial charge in [-0.15, -0.1) is 0 Å². The van der Waals surface area contributed by atoms with E-state index in [1.54, 1.807) is 14.2 Å². The number of likely N-dealkylation sites (N-methyl/N-ethyl adjacent to an activating group) is 1. The van der Waals surface area contributed by atoms with Gasteiger partial charge in [0.05, 0.1) is 32.1 Å². The van der Waals surface area contributed by atoms with Crippen LogP contribution in [0.1, 0.15) is 23.6 Å². The number of rotatable bonds is 11. The normalized spacial score (nSPS) is 10.6. The number of benzene rings is 2. The van der Waals surface area contributed by atoms with Crippen molar-refractivity contribution >= 4 is 11.9 Å². The molecule has 0 aromatic heterocycles. The minimum Gasteiger partial charge on any atom is -0.496 e. The highest BCUT2D eigenvalue weighted by Gasteiger charge is 2.20. The summed E-state index contributed by atoms with van der Waals surface area (Å²) >= 11 is 0. The van der Waals surface area contributed by atoms with E-state index in [1.807, 2.05) is 33.2 Å². The third kappa shape index (κ3) is 4.64. The molecule has 2 rings (SSSR count). The molecular formula is C22H31N3O3. The molecule has 28 heavy (non-hydrogen) atoms. The van der Waals surface area contributed by atoms with Gasteiger partial charge < -0.3 is 30.3 Å². The first-order chi connectivity index (χ1) is 13.6. The van der Waals surface area contributed by atoms with Gasteiger partial charge in [-0.3, -0.25) is 0 Å². The maximum atomic E-state index is 7.97. The van der Waals surface area contributed by atoms with E-state index in [0.717, 1.165) is 46.5 Å². The molecule has 0 unspecified atom stereocenters. The molecule has 6 heteroatoms. The lowest BCUT2D eigenvalue weighted by Crippen LogP contribution is -2.12. The SMILES string of the molecule is CCOCc1cc(OC)c(-c2ccc(CCNC)c(C=N)c2NC)c(OC)c1. The first kappa shape index (κ1) is 21.7. The van der Waals surface area contributed by atoms with Gasteiger partial charge in [-0.2, -0.15) is 0 Å². The molecule has 0 aliphatic carbocycles. The number of hydrogen-bond acceptors (Lipinski definition) is 6. The van der Waals surface area contributed by atoms with Crippen molar-refractivity contribution in [2.75, 3.05) is 46.8 Å². The largest absolute Gasteiger partial charge is 0.496 e. The minimum atomic E-state index is 0.497. The molecule has 0 radical (unpaired) electrons. The lowest BCUT2D eigenvalue weighted by molar-refractivity contribution is 0.133. The van der Waals surface area contributed by atoms with Crippen LogP contribution < -0.4 is 20.1 Å². The van der Waals surface area contributed by atoms with E-state index in [-0.39, 0.29) is 0 Å². The molecule has 0 bridgehead atoms. The maximum absolute atomic E-state index is 7.97. The van der Waals surface area contributed by atoms with Crippen LogP contribution in [0.2, 0.25) is 0 Å². The second-order valence-electron chi connectivity index (χ2n) is 6.32. The monoisotopic (exact) mass is 385 g/mol. The van der Waals surface area contributed by atoms with E-state index in [1.165, 1.54) is 6.21 Å². The molecule has 0 fully saturated rings. The first-order valence-corrected chi connectivity index (χ1v) is 9.46. The molecule has 2 aromatic carbocycles. The predicted molar refractivity (Wildman–Crippen MR) is 115 cm³/mol. The molecule has 0 aliphatic rings. The molecule has 3 N–H and O–H groups in total. The summed E-state index contributed by atoms with van der Waals surface area (Å²) in [6, 6.07) is 8.09. The molecule has 0 spiro atoms. The van der Waals surface area contributed by atoms with Gasteiger partial charge in [0.25, 0.3) is 0 Å². The van der Waals surface area contributed by atoms with Crippen LogP contribution in [0.3, 0.4) is 0 Å². The van der Waals surface area contributed by atoms with Crippen LogP contribution in [0.4, 0.5) is 5.69 Å². The summed E-state index contributed by atoms with van der Waals surface area (Å²) in [6.07, 6.45) is 2.25. The fourth-order valence-electron chi connectivity index (χ4n) is 3.32. The number of methoxy groups -OCH3 is 2. The highest BCUT2D eigenvalue weighted by molar-refractivity contribution is 5.97. The van der Waals surface area contributed by atoms with Crippen molar-refractivity contribution in [3.05, 3.63) is 41.0 Å². The highest BCUT2D eigenvalue weighted by atomic mass is 16.5. The molecule has 0 saturated heterocycles. The van der Waals surface area contributed by atoms with Crippen molar-refractivity contribution in [2.24, 2.45) is 0 Å². The van der Waals surface area contributed by atoms with Gasteiger partial charge in [-0.05, 0) is 50.2 Å². The molecule has 0 amide bonds.